The number of ketones is 1. The second-order valence-electron chi connectivity index (χ2n) is 6.96. The average molecular weight is 296 g/mol. The Morgan fingerprint density at radius 2 is 1.62 bits per heavy atom. The first-order chi connectivity index (χ1) is 10.2. The molecule has 1 aliphatic heterocycles. The van der Waals surface area contributed by atoms with E-state index in [2.05, 4.69) is 19.2 Å². The molecule has 1 fully saturated rings. The van der Waals surface area contributed by atoms with Gasteiger partial charge in [0.25, 0.3) is 0 Å². The smallest absolute Gasteiger partial charge is 0.140 e. The van der Waals surface area contributed by atoms with Gasteiger partial charge in [0.05, 0.1) is 0 Å². The zero-order valence-electron chi connectivity index (χ0n) is 14.5. The molecule has 124 valence electrons. The maximum absolute atomic E-state index is 12.6. The summed E-state index contributed by atoms with van der Waals surface area (Å²) in [5.41, 5.74) is -0.0197. The summed E-state index contributed by atoms with van der Waals surface area (Å²) < 4.78 is 0. The molecular formula is C19H37NO. The topological polar surface area (TPSA) is 29.1 Å². The molecule has 1 unspecified atom stereocenters. The van der Waals surface area contributed by atoms with Gasteiger partial charge in [-0.15, -0.1) is 0 Å². The van der Waals surface area contributed by atoms with E-state index in [9.17, 15) is 4.79 Å². The van der Waals surface area contributed by atoms with Crippen molar-refractivity contribution in [3.05, 3.63) is 0 Å². The summed E-state index contributed by atoms with van der Waals surface area (Å²) in [7, 11) is 0. The van der Waals surface area contributed by atoms with E-state index < -0.39 is 0 Å². The summed E-state index contributed by atoms with van der Waals surface area (Å²) in [6, 6.07) is 0. The monoisotopic (exact) mass is 295 g/mol. The Morgan fingerprint density at radius 1 is 0.952 bits per heavy atom. The fourth-order valence-corrected chi connectivity index (χ4v) is 3.72. The van der Waals surface area contributed by atoms with Crippen LogP contribution in [0.2, 0.25) is 0 Å². The van der Waals surface area contributed by atoms with Crippen molar-refractivity contribution in [3.63, 3.8) is 0 Å². The SMILES string of the molecule is CCCCCCCCCCC(=O)C1(CCC)CCCNC1. The first kappa shape index (κ1) is 18.7. The van der Waals surface area contributed by atoms with Crippen molar-refractivity contribution >= 4 is 5.78 Å². The molecule has 0 radical (unpaired) electrons. The fraction of sp³-hybridized carbons (Fsp3) is 0.947. The molecule has 2 heteroatoms. The van der Waals surface area contributed by atoms with E-state index in [-0.39, 0.29) is 5.41 Å². The normalized spacial score (nSPS) is 22.4. The highest BCUT2D eigenvalue weighted by Crippen LogP contribution is 2.34. The highest BCUT2D eigenvalue weighted by Gasteiger charge is 2.37. The summed E-state index contributed by atoms with van der Waals surface area (Å²) >= 11 is 0. The zero-order valence-corrected chi connectivity index (χ0v) is 14.5. The summed E-state index contributed by atoms with van der Waals surface area (Å²) in [5, 5.41) is 3.45. The molecule has 1 heterocycles. The largest absolute Gasteiger partial charge is 0.316 e. The number of piperidine rings is 1. The summed E-state index contributed by atoms with van der Waals surface area (Å²) in [6.07, 6.45) is 15.8. The van der Waals surface area contributed by atoms with Crippen LogP contribution < -0.4 is 5.32 Å². The van der Waals surface area contributed by atoms with Crippen LogP contribution in [0.1, 0.15) is 97.3 Å². The molecule has 0 aromatic heterocycles. The lowest BCUT2D eigenvalue weighted by atomic mass is 9.72. The van der Waals surface area contributed by atoms with Gasteiger partial charge in [-0.05, 0) is 32.2 Å². The van der Waals surface area contributed by atoms with Crippen LogP contribution in [-0.4, -0.2) is 18.9 Å². The lowest BCUT2D eigenvalue weighted by molar-refractivity contribution is -0.130. The van der Waals surface area contributed by atoms with E-state index in [0.29, 0.717) is 5.78 Å². The number of unbranched alkanes of at least 4 members (excludes halogenated alkanes) is 7. The van der Waals surface area contributed by atoms with Crippen molar-refractivity contribution in [2.45, 2.75) is 97.3 Å². The molecule has 21 heavy (non-hydrogen) atoms. The predicted octanol–water partition coefficient (Wildman–Crippen LogP) is 5.26. The van der Waals surface area contributed by atoms with Gasteiger partial charge in [0.15, 0.2) is 0 Å². The Labute approximate surface area is 132 Å². The van der Waals surface area contributed by atoms with Crippen LogP contribution in [0.15, 0.2) is 0 Å². The molecule has 1 atom stereocenters. The maximum Gasteiger partial charge on any atom is 0.140 e. The van der Waals surface area contributed by atoms with Crippen LogP contribution in [0.3, 0.4) is 0 Å². The van der Waals surface area contributed by atoms with Crippen LogP contribution in [0.25, 0.3) is 0 Å². The van der Waals surface area contributed by atoms with Crippen molar-refractivity contribution in [2.75, 3.05) is 13.1 Å². The minimum absolute atomic E-state index is 0.0197. The quantitative estimate of drug-likeness (QED) is 0.498. The van der Waals surface area contributed by atoms with E-state index >= 15 is 0 Å². The molecule has 1 aliphatic rings. The first-order valence-corrected chi connectivity index (χ1v) is 9.49. The third-order valence-electron chi connectivity index (χ3n) is 5.05. The molecule has 0 aromatic rings. The first-order valence-electron chi connectivity index (χ1n) is 9.49. The summed E-state index contributed by atoms with van der Waals surface area (Å²) in [6.45, 7) is 6.49. The molecule has 0 bridgehead atoms. The average Bonchev–Trinajstić information content (AvgIpc) is 2.51. The standard InChI is InChI=1S/C19H37NO/c1-3-5-6-7-8-9-10-11-13-18(21)19(14-4-2)15-12-16-20-17-19/h20H,3-17H2,1-2H3. The molecule has 0 amide bonds. The van der Waals surface area contributed by atoms with Gasteiger partial charge in [-0.1, -0.05) is 65.2 Å². The van der Waals surface area contributed by atoms with Crippen LogP contribution >= 0.6 is 0 Å². The third-order valence-corrected chi connectivity index (χ3v) is 5.05. The number of hydrogen-bond acceptors (Lipinski definition) is 2. The number of Topliss-reactive ketones (excluding diaryl/α,β-unsaturated/α-hetero) is 1. The van der Waals surface area contributed by atoms with Crippen molar-refractivity contribution in [2.24, 2.45) is 5.41 Å². The van der Waals surface area contributed by atoms with Gasteiger partial charge >= 0.3 is 0 Å². The van der Waals surface area contributed by atoms with Crippen LogP contribution in [0.4, 0.5) is 0 Å². The third kappa shape index (κ3) is 6.95. The fourth-order valence-electron chi connectivity index (χ4n) is 3.72. The van der Waals surface area contributed by atoms with Crippen LogP contribution in [0, 0.1) is 5.41 Å². The molecule has 1 saturated heterocycles. The van der Waals surface area contributed by atoms with E-state index in [0.717, 1.165) is 45.2 Å². The van der Waals surface area contributed by atoms with E-state index in [1.165, 1.54) is 51.4 Å². The van der Waals surface area contributed by atoms with Gasteiger partial charge in [0.2, 0.25) is 0 Å². The van der Waals surface area contributed by atoms with Crippen molar-refractivity contribution in [1.29, 1.82) is 0 Å². The van der Waals surface area contributed by atoms with Gasteiger partial charge in [-0.3, -0.25) is 4.79 Å². The molecule has 0 spiro atoms. The van der Waals surface area contributed by atoms with E-state index in [1.54, 1.807) is 0 Å². The van der Waals surface area contributed by atoms with Gasteiger partial charge in [-0.2, -0.15) is 0 Å². The maximum atomic E-state index is 12.6. The number of carbonyl (C=O) groups excluding carboxylic acids is 1. The Bertz CT molecular complexity index is 263. The number of nitrogens with one attached hydrogen (secondary N) is 1. The van der Waals surface area contributed by atoms with Crippen LogP contribution in [0.5, 0.6) is 0 Å². The number of hydrogen-bond donors (Lipinski definition) is 1. The summed E-state index contributed by atoms with van der Waals surface area (Å²) in [5.74, 6) is 0.544. The van der Waals surface area contributed by atoms with Gasteiger partial charge in [-0.25, -0.2) is 0 Å². The Morgan fingerprint density at radius 3 is 2.19 bits per heavy atom. The van der Waals surface area contributed by atoms with Crippen molar-refractivity contribution in [1.82, 2.24) is 5.32 Å². The molecule has 0 aromatic carbocycles. The number of rotatable bonds is 12. The van der Waals surface area contributed by atoms with Gasteiger partial charge in [0.1, 0.15) is 5.78 Å². The molecule has 1 rings (SSSR count). The minimum Gasteiger partial charge on any atom is -0.316 e. The summed E-state index contributed by atoms with van der Waals surface area (Å²) in [4.78, 5) is 12.6. The Kier molecular flexibility index (Phi) is 9.99. The molecule has 2 nitrogen and oxygen atoms in total. The second-order valence-corrected chi connectivity index (χ2v) is 6.96. The molecule has 0 aliphatic carbocycles. The van der Waals surface area contributed by atoms with Gasteiger partial charge < -0.3 is 5.32 Å². The molecule has 1 N–H and O–H groups in total. The Balaban J connectivity index is 2.16. The van der Waals surface area contributed by atoms with Crippen molar-refractivity contribution < 1.29 is 4.79 Å². The second kappa shape index (κ2) is 11.2. The van der Waals surface area contributed by atoms with E-state index in [4.69, 9.17) is 0 Å². The lowest BCUT2D eigenvalue weighted by Crippen LogP contribution is -2.45. The lowest BCUT2D eigenvalue weighted by Gasteiger charge is -2.36. The van der Waals surface area contributed by atoms with Gasteiger partial charge in [0, 0.05) is 18.4 Å². The molecular weight excluding hydrogens is 258 g/mol. The minimum atomic E-state index is -0.0197. The van der Waals surface area contributed by atoms with E-state index in [1.807, 2.05) is 0 Å². The highest BCUT2D eigenvalue weighted by molar-refractivity contribution is 5.85. The van der Waals surface area contributed by atoms with Crippen LogP contribution in [-0.2, 0) is 4.79 Å². The Hall–Kier alpha value is -0.370. The molecule has 0 saturated carbocycles. The predicted molar refractivity (Wildman–Crippen MR) is 91.7 cm³/mol. The zero-order chi connectivity index (χ0) is 15.4. The highest BCUT2D eigenvalue weighted by atomic mass is 16.1. The van der Waals surface area contributed by atoms with Crippen molar-refractivity contribution in [3.8, 4) is 0 Å². The number of carbonyl (C=O) groups is 1.